The lowest BCUT2D eigenvalue weighted by Crippen LogP contribution is -2.49. The number of anilines is 2. The predicted octanol–water partition coefficient (Wildman–Crippen LogP) is 2.24. The van der Waals surface area contributed by atoms with E-state index in [2.05, 4.69) is 32.0 Å². The number of aromatic nitrogens is 3. The van der Waals surface area contributed by atoms with Crippen LogP contribution in [0.4, 0.5) is 11.6 Å². The Morgan fingerprint density at radius 3 is 2.47 bits per heavy atom. The lowest BCUT2D eigenvalue weighted by molar-refractivity contribution is 0.0746. The Morgan fingerprint density at radius 1 is 1.06 bits per heavy atom. The normalized spacial score (nSPS) is 14.2. The summed E-state index contributed by atoms with van der Waals surface area (Å²) in [5.41, 5.74) is 9.72. The maximum absolute atomic E-state index is 13.1. The Kier molecular flexibility index (Phi) is 6.41. The SMILES string of the molecule is Cc1cc(N)nn1Cc1cccc(C(=O)N2CCN(c3ccc(CN(C)C)cn3)CC2)c1. The number of carbonyl (C=O) groups is 1. The van der Waals surface area contributed by atoms with Crippen molar-refractivity contribution < 1.29 is 4.79 Å². The van der Waals surface area contributed by atoms with Crippen molar-refractivity contribution in [2.24, 2.45) is 0 Å². The summed E-state index contributed by atoms with van der Waals surface area (Å²) in [6.07, 6.45) is 1.94. The fourth-order valence-electron chi connectivity index (χ4n) is 4.05. The molecule has 0 spiro atoms. The van der Waals surface area contributed by atoms with E-state index in [1.807, 2.05) is 67.1 Å². The summed E-state index contributed by atoms with van der Waals surface area (Å²) in [4.78, 5) is 24.0. The minimum absolute atomic E-state index is 0.0671. The van der Waals surface area contributed by atoms with Crippen LogP contribution in [0.3, 0.4) is 0 Å². The topological polar surface area (TPSA) is 83.5 Å². The van der Waals surface area contributed by atoms with E-state index in [9.17, 15) is 4.79 Å². The molecule has 1 aromatic carbocycles. The summed E-state index contributed by atoms with van der Waals surface area (Å²) in [6.45, 7) is 6.35. The number of hydrogen-bond donors (Lipinski definition) is 1. The molecule has 1 aliphatic rings. The van der Waals surface area contributed by atoms with E-state index in [4.69, 9.17) is 5.73 Å². The van der Waals surface area contributed by atoms with Crippen molar-refractivity contribution in [3.05, 3.63) is 71.0 Å². The van der Waals surface area contributed by atoms with Gasteiger partial charge in [-0.15, -0.1) is 0 Å². The predicted molar refractivity (Wildman–Crippen MR) is 127 cm³/mol. The molecule has 3 heterocycles. The molecule has 0 aliphatic carbocycles. The molecule has 1 aliphatic heterocycles. The van der Waals surface area contributed by atoms with Crippen LogP contribution in [0.25, 0.3) is 0 Å². The zero-order chi connectivity index (χ0) is 22.7. The molecule has 168 valence electrons. The molecule has 0 atom stereocenters. The molecular weight excluding hydrogens is 402 g/mol. The Morgan fingerprint density at radius 2 is 1.84 bits per heavy atom. The third-order valence-electron chi connectivity index (χ3n) is 5.71. The highest BCUT2D eigenvalue weighted by molar-refractivity contribution is 5.94. The molecule has 8 nitrogen and oxygen atoms in total. The number of rotatable bonds is 6. The molecule has 0 bridgehead atoms. The number of carbonyl (C=O) groups excluding carboxylic acids is 1. The molecule has 4 rings (SSSR count). The lowest BCUT2D eigenvalue weighted by Gasteiger charge is -2.35. The van der Waals surface area contributed by atoms with Crippen molar-refractivity contribution in [3.63, 3.8) is 0 Å². The Hall–Kier alpha value is -3.39. The monoisotopic (exact) mass is 433 g/mol. The lowest BCUT2D eigenvalue weighted by atomic mass is 10.1. The van der Waals surface area contributed by atoms with E-state index in [1.165, 1.54) is 5.56 Å². The van der Waals surface area contributed by atoms with E-state index >= 15 is 0 Å². The van der Waals surface area contributed by atoms with Crippen LogP contribution in [-0.4, -0.2) is 70.7 Å². The number of piperazine rings is 1. The van der Waals surface area contributed by atoms with Crippen LogP contribution in [0.2, 0.25) is 0 Å². The number of nitrogens with two attached hydrogens (primary N) is 1. The first-order chi connectivity index (χ1) is 15.4. The van der Waals surface area contributed by atoms with Gasteiger partial charge in [-0.2, -0.15) is 5.10 Å². The summed E-state index contributed by atoms with van der Waals surface area (Å²) >= 11 is 0. The zero-order valence-electron chi connectivity index (χ0n) is 19.0. The largest absolute Gasteiger partial charge is 0.382 e. The number of amides is 1. The Balaban J connectivity index is 1.36. The Bertz CT molecular complexity index is 1070. The van der Waals surface area contributed by atoms with Crippen molar-refractivity contribution in [2.45, 2.75) is 20.0 Å². The van der Waals surface area contributed by atoms with Gasteiger partial charge in [-0.1, -0.05) is 18.2 Å². The van der Waals surface area contributed by atoms with Crippen LogP contribution in [0.15, 0.2) is 48.7 Å². The molecule has 8 heteroatoms. The standard InChI is InChI=1S/C24H31N7O/c1-18-13-22(25)27-31(18)17-19-5-4-6-21(14-19)24(32)30-11-9-29(10-12-30)23-8-7-20(15-26-23)16-28(2)3/h4-8,13-15H,9-12,16-17H2,1-3H3,(H2,25,27). The number of pyridine rings is 1. The quantitative estimate of drug-likeness (QED) is 0.642. The van der Waals surface area contributed by atoms with Crippen molar-refractivity contribution in [1.82, 2.24) is 24.6 Å². The van der Waals surface area contributed by atoms with Crippen molar-refractivity contribution in [2.75, 3.05) is 50.9 Å². The molecule has 1 saturated heterocycles. The van der Waals surface area contributed by atoms with Crippen LogP contribution in [0.1, 0.15) is 27.2 Å². The van der Waals surface area contributed by atoms with E-state index in [0.29, 0.717) is 31.0 Å². The van der Waals surface area contributed by atoms with Gasteiger partial charge >= 0.3 is 0 Å². The highest BCUT2D eigenvalue weighted by Gasteiger charge is 2.23. The smallest absolute Gasteiger partial charge is 0.253 e. The van der Waals surface area contributed by atoms with Crippen LogP contribution in [0, 0.1) is 6.92 Å². The maximum Gasteiger partial charge on any atom is 0.253 e. The minimum Gasteiger partial charge on any atom is -0.382 e. The average molecular weight is 434 g/mol. The molecule has 3 aromatic rings. The number of benzene rings is 1. The first-order valence-corrected chi connectivity index (χ1v) is 10.9. The van der Waals surface area contributed by atoms with Crippen LogP contribution in [-0.2, 0) is 13.1 Å². The van der Waals surface area contributed by atoms with E-state index in [1.54, 1.807) is 0 Å². The van der Waals surface area contributed by atoms with Crippen molar-refractivity contribution in [1.29, 1.82) is 0 Å². The molecule has 0 radical (unpaired) electrons. The molecular formula is C24H31N7O. The fraction of sp³-hybridized carbons (Fsp3) is 0.375. The van der Waals surface area contributed by atoms with Gasteiger partial charge in [0.05, 0.1) is 6.54 Å². The second kappa shape index (κ2) is 9.40. The third kappa shape index (κ3) is 5.08. The number of nitrogens with zero attached hydrogens (tertiary/aromatic N) is 6. The molecule has 1 amide bonds. The fourth-order valence-corrected chi connectivity index (χ4v) is 4.05. The van der Waals surface area contributed by atoms with Crippen molar-refractivity contribution in [3.8, 4) is 0 Å². The van der Waals surface area contributed by atoms with Gasteiger partial charge in [0.1, 0.15) is 11.6 Å². The average Bonchev–Trinajstić information content (AvgIpc) is 3.10. The second-order valence-corrected chi connectivity index (χ2v) is 8.61. The van der Waals surface area contributed by atoms with Gasteiger partial charge in [0.25, 0.3) is 5.91 Å². The second-order valence-electron chi connectivity index (χ2n) is 8.61. The number of nitrogen functional groups attached to an aromatic ring is 1. The molecule has 2 N–H and O–H groups in total. The van der Waals surface area contributed by atoms with Gasteiger partial charge in [-0.25, -0.2) is 4.98 Å². The first-order valence-electron chi connectivity index (χ1n) is 10.9. The Labute approximate surface area is 189 Å². The maximum atomic E-state index is 13.1. The van der Waals surface area contributed by atoms with Gasteiger partial charge in [0, 0.05) is 56.2 Å². The molecule has 32 heavy (non-hydrogen) atoms. The van der Waals surface area contributed by atoms with E-state index in [-0.39, 0.29) is 5.91 Å². The molecule has 0 unspecified atom stereocenters. The highest BCUT2D eigenvalue weighted by Crippen LogP contribution is 2.17. The first kappa shape index (κ1) is 21.8. The van der Waals surface area contributed by atoms with Gasteiger partial charge in [-0.05, 0) is 50.3 Å². The van der Waals surface area contributed by atoms with Gasteiger partial charge < -0.3 is 20.4 Å². The van der Waals surface area contributed by atoms with Crippen LogP contribution < -0.4 is 10.6 Å². The van der Waals surface area contributed by atoms with E-state index in [0.717, 1.165) is 36.7 Å². The van der Waals surface area contributed by atoms with Crippen LogP contribution >= 0.6 is 0 Å². The minimum atomic E-state index is 0.0671. The zero-order valence-corrected chi connectivity index (χ0v) is 19.0. The summed E-state index contributed by atoms with van der Waals surface area (Å²) in [6, 6.07) is 13.8. The summed E-state index contributed by atoms with van der Waals surface area (Å²) in [5, 5.41) is 4.31. The van der Waals surface area contributed by atoms with E-state index < -0.39 is 0 Å². The van der Waals surface area contributed by atoms with Gasteiger partial charge in [-0.3, -0.25) is 9.48 Å². The number of hydrogen-bond acceptors (Lipinski definition) is 6. The molecule has 2 aromatic heterocycles. The third-order valence-corrected chi connectivity index (χ3v) is 5.71. The summed E-state index contributed by atoms with van der Waals surface area (Å²) < 4.78 is 1.86. The number of aryl methyl sites for hydroxylation is 1. The summed E-state index contributed by atoms with van der Waals surface area (Å²) in [7, 11) is 4.10. The molecule has 1 fully saturated rings. The van der Waals surface area contributed by atoms with Gasteiger partial charge in [0.2, 0.25) is 0 Å². The van der Waals surface area contributed by atoms with Gasteiger partial charge in [0.15, 0.2) is 0 Å². The highest BCUT2D eigenvalue weighted by atomic mass is 16.2. The summed E-state index contributed by atoms with van der Waals surface area (Å²) in [5.74, 6) is 1.54. The van der Waals surface area contributed by atoms with Crippen molar-refractivity contribution >= 4 is 17.5 Å². The van der Waals surface area contributed by atoms with Crippen LogP contribution in [0.5, 0.6) is 0 Å². The molecule has 0 saturated carbocycles.